The van der Waals surface area contributed by atoms with Crippen LogP contribution in [-0.4, -0.2) is 8.94 Å². The van der Waals surface area contributed by atoms with Crippen LogP contribution < -0.4 is 11.0 Å². The Hall–Kier alpha value is -1.95. The fourth-order valence-electron chi connectivity index (χ4n) is 3.27. The maximum Gasteiger partial charge on any atom is 0.271 e. The zero-order chi connectivity index (χ0) is 15.0. The number of aromatic nitrogens is 2. The molecule has 6 heteroatoms. The highest BCUT2D eigenvalue weighted by molar-refractivity contribution is 7.12. The lowest BCUT2D eigenvalue weighted by Gasteiger charge is -2.13. The molecular weight excluding hydrogens is 303 g/mol. The standard InChI is InChI=1S/C16H13FN2O2S/c17-11-5-10-12(6-9(11)7-1-2-7)19(8-3-4-8)16-13(14(10)20)15(21)18-22-16/h5-8H,1-4H2,(H,18,21). The van der Waals surface area contributed by atoms with E-state index in [0.717, 1.165) is 31.2 Å². The van der Waals surface area contributed by atoms with Crippen LogP contribution in [0.25, 0.3) is 21.1 Å². The van der Waals surface area contributed by atoms with E-state index in [4.69, 9.17) is 0 Å². The molecule has 3 aromatic rings. The van der Waals surface area contributed by atoms with Gasteiger partial charge in [0, 0.05) is 11.4 Å². The first-order chi connectivity index (χ1) is 10.6. The Labute approximate surface area is 128 Å². The van der Waals surface area contributed by atoms with E-state index in [2.05, 4.69) is 8.94 Å². The van der Waals surface area contributed by atoms with Crippen molar-refractivity contribution < 1.29 is 4.39 Å². The van der Waals surface area contributed by atoms with E-state index in [-0.39, 0.29) is 28.1 Å². The second-order valence-corrected chi connectivity index (χ2v) is 7.10. The highest BCUT2D eigenvalue weighted by atomic mass is 32.1. The fraction of sp³-hybridized carbons (Fsp3) is 0.375. The first kappa shape index (κ1) is 12.6. The summed E-state index contributed by atoms with van der Waals surface area (Å²) in [6.07, 6.45) is 4.09. The maximum absolute atomic E-state index is 14.3. The Balaban J connectivity index is 2.01. The average Bonchev–Trinajstić information content (AvgIpc) is 3.39. The lowest BCUT2D eigenvalue weighted by molar-refractivity contribution is 0.612. The predicted octanol–water partition coefficient (Wildman–Crippen LogP) is 3.26. The summed E-state index contributed by atoms with van der Waals surface area (Å²) in [6.45, 7) is 0. The summed E-state index contributed by atoms with van der Waals surface area (Å²) in [4.78, 5) is 25.3. The lowest BCUT2D eigenvalue weighted by atomic mass is 10.1. The van der Waals surface area contributed by atoms with Crippen molar-refractivity contribution in [3.8, 4) is 0 Å². The maximum atomic E-state index is 14.3. The number of fused-ring (bicyclic) bond motifs is 2. The molecule has 1 aromatic carbocycles. The van der Waals surface area contributed by atoms with Gasteiger partial charge in [-0.1, -0.05) is 0 Å². The van der Waals surface area contributed by atoms with Gasteiger partial charge >= 0.3 is 0 Å². The molecule has 0 unspecified atom stereocenters. The number of nitrogens with zero attached hydrogens (tertiary/aromatic N) is 1. The van der Waals surface area contributed by atoms with Crippen molar-refractivity contribution in [2.45, 2.75) is 37.6 Å². The number of hydrogen-bond acceptors (Lipinski definition) is 3. The van der Waals surface area contributed by atoms with Crippen molar-refractivity contribution >= 4 is 32.7 Å². The van der Waals surface area contributed by atoms with Gasteiger partial charge < -0.3 is 4.57 Å². The van der Waals surface area contributed by atoms with Crippen molar-refractivity contribution in [3.63, 3.8) is 0 Å². The number of pyridine rings is 1. The average molecular weight is 316 g/mol. The molecule has 4 nitrogen and oxygen atoms in total. The molecule has 22 heavy (non-hydrogen) atoms. The zero-order valence-corrected chi connectivity index (χ0v) is 12.5. The Bertz CT molecular complexity index is 1050. The molecule has 0 bridgehead atoms. The van der Waals surface area contributed by atoms with Crippen LogP contribution in [0.4, 0.5) is 4.39 Å². The van der Waals surface area contributed by atoms with Crippen LogP contribution in [-0.2, 0) is 0 Å². The van der Waals surface area contributed by atoms with Crippen molar-refractivity contribution in [2.75, 3.05) is 0 Å². The third-order valence-electron chi connectivity index (χ3n) is 4.68. The van der Waals surface area contributed by atoms with Gasteiger partial charge in [-0.3, -0.25) is 14.0 Å². The largest absolute Gasteiger partial charge is 0.328 e. The minimum Gasteiger partial charge on any atom is -0.328 e. The number of hydrogen-bond donors (Lipinski definition) is 1. The number of rotatable bonds is 2. The van der Waals surface area contributed by atoms with Gasteiger partial charge in [0.05, 0.1) is 5.52 Å². The second kappa shape index (κ2) is 4.07. The van der Waals surface area contributed by atoms with Crippen molar-refractivity contribution in [1.29, 1.82) is 0 Å². The summed E-state index contributed by atoms with van der Waals surface area (Å²) in [6, 6.07) is 3.49. The molecule has 0 spiro atoms. The molecule has 2 aliphatic rings. The summed E-state index contributed by atoms with van der Waals surface area (Å²) >= 11 is 1.20. The van der Waals surface area contributed by atoms with Gasteiger partial charge in [-0.05, 0) is 60.8 Å². The Morgan fingerprint density at radius 3 is 2.64 bits per heavy atom. The van der Waals surface area contributed by atoms with Crippen molar-refractivity contribution in [3.05, 3.63) is 44.1 Å². The minimum absolute atomic E-state index is 0.169. The van der Waals surface area contributed by atoms with Gasteiger partial charge in [-0.15, -0.1) is 0 Å². The van der Waals surface area contributed by atoms with Gasteiger partial charge in [0.2, 0.25) is 5.43 Å². The number of H-pyrrole nitrogens is 1. The van der Waals surface area contributed by atoms with Crippen LogP contribution >= 0.6 is 11.5 Å². The van der Waals surface area contributed by atoms with Gasteiger partial charge in [0.15, 0.2) is 0 Å². The third-order valence-corrected chi connectivity index (χ3v) is 5.56. The molecule has 2 heterocycles. The van der Waals surface area contributed by atoms with Crippen LogP contribution in [0.15, 0.2) is 21.7 Å². The van der Waals surface area contributed by atoms with E-state index in [0.29, 0.717) is 21.8 Å². The molecule has 2 fully saturated rings. The molecule has 2 saturated carbocycles. The van der Waals surface area contributed by atoms with Crippen LogP contribution in [0.5, 0.6) is 0 Å². The predicted molar refractivity (Wildman–Crippen MR) is 84.4 cm³/mol. The quantitative estimate of drug-likeness (QED) is 0.789. The normalized spacial score (nSPS) is 18.4. The van der Waals surface area contributed by atoms with Gasteiger partial charge in [0.1, 0.15) is 16.0 Å². The molecule has 0 amide bonds. The molecule has 2 aromatic heterocycles. The highest BCUT2D eigenvalue weighted by Crippen LogP contribution is 2.44. The van der Waals surface area contributed by atoms with Crippen LogP contribution in [0.3, 0.4) is 0 Å². The zero-order valence-electron chi connectivity index (χ0n) is 11.7. The SMILES string of the molecule is O=c1[nH]sc2c1c(=O)c1cc(F)c(C3CC3)cc1n2C1CC1. The number of aromatic amines is 1. The van der Waals surface area contributed by atoms with Crippen LogP contribution in [0.1, 0.15) is 43.2 Å². The molecule has 1 N–H and O–H groups in total. The lowest BCUT2D eigenvalue weighted by Crippen LogP contribution is -2.15. The summed E-state index contributed by atoms with van der Waals surface area (Å²) in [5.74, 6) is -0.0340. The van der Waals surface area contributed by atoms with Crippen LogP contribution in [0.2, 0.25) is 0 Å². The van der Waals surface area contributed by atoms with E-state index >= 15 is 0 Å². The first-order valence-electron chi connectivity index (χ1n) is 7.54. The Morgan fingerprint density at radius 1 is 1.18 bits per heavy atom. The number of halogens is 1. The summed E-state index contributed by atoms with van der Waals surface area (Å²) in [5.41, 5.74) is 0.765. The Kier molecular flexibility index (Phi) is 2.33. The number of nitrogens with one attached hydrogen (secondary N) is 1. The molecule has 0 saturated heterocycles. The first-order valence-corrected chi connectivity index (χ1v) is 8.35. The van der Waals surface area contributed by atoms with E-state index in [1.165, 1.54) is 17.6 Å². The molecule has 0 radical (unpaired) electrons. The van der Waals surface area contributed by atoms with Crippen molar-refractivity contribution in [1.82, 2.24) is 8.94 Å². The topological polar surface area (TPSA) is 54.9 Å². The number of benzene rings is 1. The summed E-state index contributed by atoms with van der Waals surface area (Å²) in [7, 11) is 0. The molecule has 5 rings (SSSR count). The molecule has 0 atom stereocenters. The molecular formula is C16H13FN2O2S. The molecule has 112 valence electrons. The van der Waals surface area contributed by atoms with Gasteiger partial charge in [-0.2, -0.15) is 0 Å². The van der Waals surface area contributed by atoms with Gasteiger partial charge in [0.25, 0.3) is 5.56 Å². The molecule has 2 aliphatic carbocycles. The van der Waals surface area contributed by atoms with E-state index in [1.54, 1.807) is 0 Å². The Morgan fingerprint density at radius 2 is 1.95 bits per heavy atom. The third kappa shape index (κ3) is 1.61. The second-order valence-electron chi connectivity index (χ2n) is 6.31. The smallest absolute Gasteiger partial charge is 0.271 e. The fourth-order valence-corrected chi connectivity index (χ4v) is 4.19. The summed E-state index contributed by atoms with van der Waals surface area (Å²) < 4.78 is 19.1. The minimum atomic E-state index is -0.368. The van der Waals surface area contributed by atoms with E-state index in [9.17, 15) is 14.0 Å². The van der Waals surface area contributed by atoms with Crippen LogP contribution in [0, 0.1) is 5.82 Å². The molecule has 0 aliphatic heterocycles. The van der Waals surface area contributed by atoms with E-state index in [1.807, 2.05) is 6.07 Å². The van der Waals surface area contributed by atoms with Gasteiger partial charge in [-0.25, -0.2) is 4.39 Å². The van der Waals surface area contributed by atoms with Crippen molar-refractivity contribution in [2.24, 2.45) is 0 Å². The van der Waals surface area contributed by atoms with E-state index < -0.39 is 0 Å². The highest BCUT2D eigenvalue weighted by Gasteiger charge is 2.31. The monoisotopic (exact) mass is 316 g/mol. The summed E-state index contributed by atoms with van der Waals surface area (Å²) in [5, 5.41) is 0.494.